The average Bonchev–Trinajstić information content (AvgIpc) is 2.91. The third kappa shape index (κ3) is 4.33. The predicted molar refractivity (Wildman–Crippen MR) is 102 cm³/mol. The van der Waals surface area contributed by atoms with Crippen LogP contribution in [0.3, 0.4) is 0 Å². The van der Waals surface area contributed by atoms with Crippen molar-refractivity contribution in [1.29, 1.82) is 0 Å². The fourth-order valence-corrected chi connectivity index (χ4v) is 4.66. The van der Waals surface area contributed by atoms with Crippen molar-refractivity contribution in [3.05, 3.63) is 41.9 Å². The number of rotatable bonds is 5. The standard InChI is InChI=1S/C19H24N2O5S/c1-14-7-9-18(26-14)19(22)20-16-13-15(8-10-17(16)25-2)27(23,24)21-11-5-3-4-6-12-21/h7-10,13H,3-6,11-12H2,1-2H3,(H,20,22). The molecule has 1 aromatic carbocycles. The summed E-state index contributed by atoms with van der Waals surface area (Å²) in [5, 5.41) is 2.68. The zero-order valence-electron chi connectivity index (χ0n) is 15.5. The van der Waals surface area contributed by atoms with Crippen LogP contribution in [0.4, 0.5) is 5.69 Å². The zero-order chi connectivity index (χ0) is 19.4. The first-order chi connectivity index (χ1) is 12.9. The monoisotopic (exact) mass is 392 g/mol. The fourth-order valence-electron chi connectivity index (χ4n) is 3.12. The van der Waals surface area contributed by atoms with Gasteiger partial charge in [-0.3, -0.25) is 4.79 Å². The number of nitrogens with one attached hydrogen (secondary N) is 1. The molecule has 0 saturated carbocycles. The van der Waals surface area contributed by atoms with E-state index < -0.39 is 15.9 Å². The molecule has 8 heteroatoms. The van der Waals surface area contributed by atoms with Gasteiger partial charge in [-0.2, -0.15) is 4.31 Å². The molecule has 27 heavy (non-hydrogen) atoms. The summed E-state index contributed by atoms with van der Waals surface area (Å²) in [6, 6.07) is 7.74. The van der Waals surface area contributed by atoms with E-state index in [4.69, 9.17) is 9.15 Å². The Balaban J connectivity index is 1.89. The van der Waals surface area contributed by atoms with Crippen LogP contribution in [0.1, 0.15) is 42.0 Å². The van der Waals surface area contributed by atoms with E-state index in [0.29, 0.717) is 24.6 Å². The van der Waals surface area contributed by atoms with Crippen molar-refractivity contribution in [2.24, 2.45) is 0 Å². The molecule has 1 aromatic heterocycles. The minimum absolute atomic E-state index is 0.135. The molecule has 0 bridgehead atoms. The number of furan rings is 1. The van der Waals surface area contributed by atoms with Crippen LogP contribution in [0.25, 0.3) is 0 Å². The first-order valence-corrected chi connectivity index (χ1v) is 10.4. The quantitative estimate of drug-likeness (QED) is 0.842. The molecule has 0 aliphatic carbocycles. The molecule has 146 valence electrons. The summed E-state index contributed by atoms with van der Waals surface area (Å²) < 4.78 is 38.1. The number of ether oxygens (including phenoxy) is 1. The van der Waals surface area contributed by atoms with Gasteiger partial charge in [0.1, 0.15) is 11.5 Å². The van der Waals surface area contributed by atoms with E-state index in [9.17, 15) is 13.2 Å². The Morgan fingerprint density at radius 2 is 1.81 bits per heavy atom. The second-order valence-corrected chi connectivity index (χ2v) is 8.48. The molecule has 2 aromatic rings. The van der Waals surface area contributed by atoms with E-state index in [1.54, 1.807) is 25.1 Å². The van der Waals surface area contributed by atoms with Crippen molar-refractivity contribution in [1.82, 2.24) is 4.31 Å². The topological polar surface area (TPSA) is 88.9 Å². The van der Waals surface area contributed by atoms with Crippen molar-refractivity contribution >= 4 is 21.6 Å². The Bertz CT molecular complexity index is 912. The van der Waals surface area contributed by atoms with Gasteiger partial charge >= 0.3 is 0 Å². The molecule has 0 radical (unpaired) electrons. The highest BCUT2D eigenvalue weighted by molar-refractivity contribution is 7.89. The van der Waals surface area contributed by atoms with Gasteiger partial charge in [0.25, 0.3) is 5.91 Å². The number of amides is 1. The van der Waals surface area contributed by atoms with E-state index in [1.807, 2.05) is 0 Å². The highest BCUT2D eigenvalue weighted by Gasteiger charge is 2.26. The lowest BCUT2D eigenvalue weighted by Gasteiger charge is -2.21. The van der Waals surface area contributed by atoms with E-state index in [0.717, 1.165) is 25.7 Å². The van der Waals surface area contributed by atoms with Crippen molar-refractivity contribution in [3.8, 4) is 5.75 Å². The molecule has 3 rings (SSSR count). The van der Waals surface area contributed by atoms with Gasteiger partial charge in [0.05, 0.1) is 17.7 Å². The van der Waals surface area contributed by atoms with Crippen LogP contribution in [-0.2, 0) is 10.0 Å². The van der Waals surface area contributed by atoms with E-state index in [2.05, 4.69) is 5.32 Å². The highest BCUT2D eigenvalue weighted by Crippen LogP contribution is 2.30. The lowest BCUT2D eigenvalue weighted by atomic mass is 10.2. The Morgan fingerprint density at radius 1 is 1.11 bits per heavy atom. The van der Waals surface area contributed by atoms with E-state index in [1.165, 1.54) is 23.5 Å². The number of carbonyl (C=O) groups excluding carboxylic acids is 1. The predicted octanol–water partition coefficient (Wildman–Crippen LogP) is 3.41. The van der Waals surface area contributed by atoms with Gasteiger partial charge in [-0.25, -0.2) is 8.42 Å². The summed E-state index contributed by atoms with van der Waals surface area (Å²) in [7, 11) is -2.16. The minimum Gasteiger partial charge on any atom is -0.495 e. The van der Waals surface area contributed by atoms with Gasteiger partial charge in [0, 0.05) is 13.1 Å². The van der Waals surface area contributed by atoms with Gasteiger partial charge < -0.3 is 14.5 Å². The molecular formula is C19H24N2O5S. The average molecular weight is 392 g/mol. The molecule has 1 aliphatic rings. The third-order valence-corrected chi connectivity index (χ3v) is 6.48. The second kappa shape index (κ2) is 8.14. The number of sulfonamides is 1. The van der Waals surface area contributed by atoms with E-state index >= 15 is 0 Å². The molecule has 1 fully saturated rings. The summed E-state index contributed by atoms with van der Waals surface area (Å²) in [6.45, 7) is 2.77. The third-order valence-electron chi connectivity index (χ3n) is 4.59. The number of nitrogens with zero attached hydrogens (tertiary/aromatic N) is 1. The Hall–Kier alpha value is -2.32. The fraction of sp³-hybridized carbons (Fsp3) is 0.421. The van der Waals surface area contributed by atoms with Crippen LogP contribution in [0.5, 0.6) is 5.75 Å². The van der Waals surface area contributed by atoms with Crippen LogP contribution in [0, 0.1) is 6.92 Å². The van der Waals surface area contributed by atoms with Crippen LogP contribution >= 0.6 is 0 Å². The number of hydrogen-bond donors (Lipinski definition) is 1. The number of anilines is 1. The van der Waals surface area contributed by atoms with Crippen molar-refractivity contribution in [3.63, 3.8) is 0 Å². The van der Waals surface area contributed by atoms with Gasteiger partial charge in [0.15, 0.2) is 5.76 Å². The molecule has 2 heterocycles. The largest absolute Gasteiger partial charge is 0.495 e. The molecular weight excluding hydrogens is 368 g/mol. The van der Waals surface area contributed by atoms with Crippen LogP contribution in [-0.4, -0.2) is 38.8 Å². The minimum atomic E-state index is -3.63. The molecule has 1 amide bonds. The number of benzene rings is 1. The second-order valence-electron chi connectivity index (χ2n) is 6.54. The lowest BCUT2D eigenvalue weighted by molar-refractivity contribution is 0.0995. The first kappa shape index (κ1) is 19.4. The Morgan fingerprint density at radius 3 is 2.41 bits per heavy atom. The first-order valence-electron chi connectivity index (χ1n) is 8.98. The Kier molecular flexibility index (Phi) is 5.86. The summed E-state index contributed by atoms with van der Waals surface area (Å²) in [6.07, 6.45) is 3.80. The number of carbonyl (C=O) groups is 1. The highest BCUT2D eigenvalue weighted by atomic mass is 32.2. The van der Waals surface area contributed by atoms with E-state index in [-0.39, 0.29) is 16.3 Å². The summed E-state index contributed by atoms with van der Waals surface area (Å²) >= 11 is 0. The summed E-state index contributed by atoms with van der Waals surface area (Å²) in [5.41, 5.74) is 0.285. The summed E-state index contributed by atoms with van der Waals surface area (Å²) in [4.78, 5) is 12.5. The molecule has 1 aliphatic heterocycles. The molecule has 0 unspecified atom stereocenters. The van der Waals surface area contributed by atoms with Crippen molar-refractivity contribution in [2.75, 3.05) is 25.5 Å². The normalized spacial score (nSPS) is 15.9. The number of hydrogen-bond acceptors (Lipinski definition) is 5. The van der Waals surface area contributed by atoms with Gasteiger partial charge in [-0.15, -0.1) is 0 Å². The van der Waals surface area contributed by atoms with Crippen LogP contribution in [0.15, 0.2) is 39.6 Å². The van der Waals surface area contributed by atoms with Gasteiger partial charge in [-0.05, 0) is 50.1 Å². The van der Waals surface area contributed by atoms with Crippen molar-refractivity contribution in [2.45, 2.75) is 37.5 Å². The SMILES string of the molecule is COc1ccc(S(=O)(=O)N2CCCCCC2)cc1NC(=O)c1ccc(C)o1. The maximum atomic E-state index is 13.0. The molecule has 1 N–H and O–H groups in total. The zero-order valence-corrected chi connectivity index (χ0v) is 16.3. The molecule has 0 atom stereocenters. The molecule has 1 saturated heterocycles. The maximum Gasteiger partial charge on any atom is 0.291 e. The summed E-state index contributed by atoms with van der Waals surface area (Å²) in [5.74, 6) is 0.673. The number of aryl methyl sites for hydroxylation is 1. The van der Waals surface area contributed by atoms with Gasteiger partial charge in [-0.1, -0.05) is 12.8 Å². The lowest BCUT2D eigenvalue weighted by Crippen LogP contribution is -2.32. The Labute approximate surface area is 159 Å². The maximum absolute atomic E-state index is 13.0. The van der Waals surface area contributed by atoms with Crippen LogP contribution in [0.2, 0.25) is 0 Å². The van der Waals surface area contributed by atoms with Crippen molar-refractivity contribution < 1.29 is 22.4 Å². The molecule has 0 spiro atoms. The number of methoxy groups -OCH3 is 1. The molecule has 7 nitrogen and oxygen atoms in total. The van der Waals surface area contributed by atoms with Gasteiger partial charge in [0.2, 0.25) is 10.0 Å². The smallest absolute Gasteiger partial charge is 0.291 e. The van der Waals surface area contributed by atoms with Crippen LogP contribution < -0.4 is 10.1 Å².